The van der Waals surface area contributed by atoms with E-state index in [2.05, 4.69) is 20.2 Å². The quantitative estimate of drug-likeness (QED) is 0.686. The monoisotopic (exact) mass is 313 g/mol. The summed E-state index contributed by atoms with van der Waals surface area (Å²) in [5, 5.41) is 9.35. The Morgan fingerprint density at radius 1 is 1.05 bits per heavy atom. The second-order valence-corrected chi connectivity index (χ2v) is 5.90. The summed E-state index contributed by atoms with van der Waals surface area (Å²) < 4.78 is 5.68. The van der Waals surface area contributed by atoms with Gasteiger partial charge < -0.3 is 9.32 Å². The zero-order valence-electron chi connectivity index (χ0n) is 12.5. The highest BCUT2D eigenvalue weighted by atomic mass is 32.2. The Balaban J connectivity index is 1.79. The molecular formula is C15H15N5OS. The molecule has 0 amide bonds. The Morgan fingerprint density at radius 3 is 2.55 bits per heavy atom. The normalized spacial score (nSPS) is 10.7. The van der Waals surface area contributed by atoms with Gasteiger partial charge in [-0.2, -0.15) is 0 Å². The van der Waals surface area contributed by atoms with Crippen molar-refractivity contribution in [1.82, 2.24) is 20.2 Å². The van der Waals surface area contributed by atoms with Gasteiger partial charge in [-0.15, -0.1) is 10.2 Å². The molecule has 7 heteroatoms. The van der Waals surface area contributed by atoms with E-state index in [0.29, 0.717) is 17.1 Å². The standard InChI is InChI=1S/C15H15N5OS/c1-10-4-6-11(7-5-10)13-18-19-15(21-13)22-12-8-9-16-14(17-12)20(2)3/h4-9H,1-3H3. The summed E-state index contributed by atoms with van der Waals surface area (Å²) in [4.78, 5) is 10.4. The smallest absolute Gasteiger partial charge is 0.283 e. The zero-order valence-corrected chi connectivity index (χ0v) is 13.3. The van der Waals surface area contributed by atoms with Crippen LogP contribution in [0.15, 0.2) is 51.2 Å². The first-order valence-electron chi connectivity index (χ1n) is 6.70. The Kier molecular flexibility index (Phi) is 4.06. The van der Waals surface area contributed by atoms with Crippen LogP contribution in [0.1, 0.15) is 5.56 Å². The van der Waals surface area contributed by atoms with E-state index in [1.807, 2.05) is 56.3 Å². The maximum Gasteiger partial charge on any atom is 0.283 e. The van der Waals surface area contributed by atoms with E-state index >= 15 is 0 Å². The minimum Gasteiger partial charge on any atom is -0.411 e. The van der Waals surface area contributed by atoms with Crippen LogP contribution < -0.4 is 4.90 Å². The van der Waals surface area contributed by atoms with Crippen LogP contribution in [0, 0.1) is 6.92 Å². The highest BCUT2D eigenvalue weighted by molar-refractivity contribution is 7.99. The minimum absolute atomic E-state index is 0.457. The molecule has 3 aromatic rings. The Bertz CT molecular complexity index is 770. The molecule has 6 nitrogen and oxygen atoms in total. The molecular weight excluding hydrogens is 298 g/mol. The van der Waals surface area contributed by atoms with E-state index in [4.69, 9.17) is 4.42 Å². The average molecular weight is 313 g/mol. The number of aromatic nitrogens is 4. The first-order chi connectivity index (χ1) is 10.6. The first kappa shape index (κ1) is 14.5. The van der Waals surface area contributed by atoms with Gasteiger partial charge in [0.1, 0.15) is 5.03 Å². The van der Waals surface area contributed by atoms with Crippen molar-refractivity contribution in [3.05, 3.63) is 42.1 Å². The van der Waals surface area contributed by atoms with Gasteiger partial charge in [0.25, 0.3) is 5.22 Å². The molecule has 2 heterocycles. The van der Waals surface area contributed by atoms with Gasteiger partial charge in [-0.1, -0.05) is 17.7 Å². The molecule has 0 saturated heterocycles. The van der Waals surface area contributed by atoms with E-state index in [0.717, 1.165) is 10.6 Å². The van der Waals surface area contributed by atoms with Crippen molar-refractivity contribution in [2.24, 2.45) is 0 Å². The van der Waals surface area contributed by atoms with Crippen molar-refractivity contribution in [1.29, 1.82) is 0 Å². The van der Waals surface area contributed by atoms with Gasteiger partial charge in [0.15, 0.2) is 0 Å². The number of nitrogens with zero attached hydrogens (tertiary/aromatic N) is 5. The van der Waals surface area contributed by atoms with Crippen LogP contribution in [-0.4, -0.2) is 34.3 Å². The summed E-state index contributed by atoms with van der Waals surface area (Å²) in [5.74, 6) is 1.15. The molecule has 0 atom stereocenters. The van der Waals surface area contributed by atoms with Gasteiger partial charge in [-0.3, -0.25) is 0 Å². The van der Waals surface area contributed by atoms with E-state index < -0.39 is 0 Å². The van der Waals surface area contributed by atoms with E-state index in [1.165, 1.54) is 17.3 Å². The third-order valence-corrected chi connectivity index (χ3v) is 3.69. The topological polar surface area (TPSA) is 67.9 Å². The number of benzene rings is 1. The van der Waals surface area contributed by atoms with Crippen molar-refractivity contribution in [3.63, 3.8) is 0 Å². The van der Waals surface area contributed by atoms with Crippen LogP contribution in [0.3, 0.4) is 0 Å². The molecule has 0 unspecified atom stereocenters. The molecule has 1 aromatic carbocycles. The molecule has 112 valence electrons. The van der Waals surface area contributed by atoms with Gasteiger partial charge in [0.2, 0.25) is 11.8 Å². The minimum atomic E-state index is 0.457. The largest absolute Gasteiger partial charge is 0.411 e. The lowest BCUT2D eigenvalue weighted by molar-refractivity contribution is 0.465. The number of aryl methyl sites for hydroxylation is 1. The van der Waals surface area contributed by atoms with Crippen LogP contribution in [0.25, 0.3) is 11.5 Å². The van der Waals surface area contributed by atoms with Crippen molar-refractivity contribution in [3.8, 4) is 11.5 Å². The summed E-state index contributed by atoms with van der Waals surface area (Å²) in [5.41, 5.74) is 2.09. The molecule has 22 heavy (non-hydrogen) atoms. The lowest BCUT2D eigenvalue weighted by atomic mass is 10.1. The maximum absolute atomic E-state index is 5.68. The Labute approximate surface area is 132 Å². The zero-order chi connectivity index (χ0) is 15.5. The molecule has 2 aromatic heterocycles. The van der Waals surface area contributed by atoms with Gasteiger partial charge >= 0.3 is 0 Å². The van der Waals surface area contributed by atoms with Crippen molar-refractivity contribution in [2.45, 2.75) is 17.2 Å². The lowest BCUT2D eigenvalue weighted by Gasteiger charge is -2.09. The van der Waals surface area contributed by atoms with E-state index in [1.54, 1.807) is 6.20 Å². The number of anilines is 1. The molecule has 0 radical (unpaired) electrons. The highest BCUT2D eigenvalue weighted by Gasteiger charge is 2.11. The molecule has 3 rings (SSSR count). The fourth-order valence-corrected chi connectivity index (χ4v) is 2.40. The average Bonchev–Trinajstić information content (AvgIpc) is 2.96. The number of hydrogen-bond acceptors (Lipinski definition) is 7. The SMILES string of the molecule is Cc1ccc(-c2nnc(Sc3ccnc(N(C)C)n3)o2)cc1. The van der Waals surface area contributed by atoms with Crippen LogP contribution in [-0.2, 0) is 0 Å². The van der Waals surface area contributed by atoms with Gasteiger partial charge in [-0.05, 0) is 36.9 Å². The fraction of sp³-hybridized carbons (Fsp3) is 0.200. The van der Waals surface area contributed by atoms with Crippen LogP contribution in [0.2, 0.25) is 0 Å². The van der Waals surface area contributed by atoms with Gasteiger partial charge in [0.05, 0.1) is 0 Å². The van der Waals surface area contributed by atoms with Crippen LogP contribution in [0.5, 0.6) is 0 Å². The first-order valence-corrected chi connectivity index (χ1v) is 7.52. The summed E-state index contributed by atoms with van der Waals surface area (Å²) in [6, 6.07) is 9.77. The number of hydrogen-bond donors (Lipinski definition) is 0. The van der Waals surface area contributed by atoms with Crippen molar-refractivity contribution >= 4 is 17.7 Å². The third kappa shape index (κ3) is 3.25. The van der Waals surface area contributed by atoms with E-state index in [-0.39, 0.29) is 0 Å². The molecule has 0 saturated carbocycles. The van der Waals surface area contributed by atoms with Crippen LogP contribution in [0.4, 0.5) is 5.95 Å². The summed E-state index contributed by atoms with van der Waals surface area (Å²) in [6.07, 6.45) is 1.71. The molecule has 0 spiro atoms. The number of rotatable bonds is 4. The molecule has 0 fully saturated rings. The van der Waals surface area contributed by atoms with Gasteiger partial charge in [-0.25, -0.2) is 9.97 Å². The second-order valence-electron chi connectivity index (χ2n) is 4.93. The molecule has 0 bridgehead atoms. The molecule has 0 aliphatic carbocycles. The fourth-order valence-electron chi connectivity index (χ4n) is 1.76. The summed E-state index contributed by atoms with van der Waals surface area (Å²) in [7, 11) is 3.79. The molecule has 0 aliphatic heterocycles. The Hall–Kier alpha value is -2.41. The van der Waals surface area contributed by atoms with E-state index in [9.17, 15) is 0 Å². The Morgan fingerprint density at radius 2 is 1.82 bits per heavy atom. The van der Waals surface area contributed by atoms with Crippen molar-refractivity contribution < 1.29 is 4.42 Å². The predicted octanol–water partition coefficient (Wildman–Crippen LogP) is 3.05. The predicted molar refractivity (Wildman–Crippen MR) is 85.0 cm³/mol. The van der Waals surface area contributed by atoms with Gasteiger partial charge in [0, 0.05) is 25.9 Å². The van der Waals surface area contributed by atoms with Crippen molar-refractivity contribution in [2.75, 3.05) is 19.0 Å². The summed E-state index contributed by atoms with van der Waals surface area (Å²) >= 11 is 1.32. The molecule has 0 N–H and O–H groups in total. The second kappa shape index (κ2) is 6.15. The highest BCUT2D eigenvalue weighted by Crippen LogP contribution is 2.28. The lowest BCUT2D eigenvalue weighted by Crippen LogP contribution is -2.12. The van der Waals surface area contributed by atoms with Crippen LogP contribution >= 0.6 is 11.8 Å². The third-order valence-electron chi connectivity index (χ3n) is 2.91. The summed E-state index contributed by atoms with van der Waals surface area (Å²) in [6.45, 7) is 2.04. The maximum atomic E-state index is 5.68. The molecule has 0 aliphatic rings.